The first kappa shape index (κ1) is 15.9. The van der Waals surface area contributed by atoms with Crippen molar-refractivity contribution in [3.8, 4) is 0 Å². The highest BCUT2D eigenvalue weighted by Gasteiger charge is 2.26. The molecule has 1 atom stereocenters. The summed E-state index contributed by atoms with van der Waals surface area (Å²) in [6.07, 6.45) is 7.41. The van der Waals surface area contributed by atoms with E-state index < -0.39 is 10.0 Å². The van der Waals surface area contributed by atoms with E-state index in [1.165, 1.54) is 13.2 Å². The number of pyridine rings is 1. The van der Waals surface area contributed by atoms with Crippen molar-refractivity contribution in [2.24, 2.45) is 0 Å². The zero-order valence-electron chi connectivity index (χ0n) is 13.3. The van der Waals surface area contributed by atoms with Gasteiger partial charge in [0.2, 0.25) is 10.0 Å². The van der Waals surface area contributed by atoms with Crippen molar-refractivity contribution in [1.29, 1.82) is 0 Å². The number of anilines is 1. The van der Waals surface area contributed by atoms with Gasteiger partial charge in [0.15, 0.2) is 0 Å². The Morgan fingerprint density at radius 3 is 2.78 bits per heavy atom. The SMILES string of the molecule is CNS(=O)(=O)c1ccc(N2CCC[C@@H]2Cn2ccnc2C)nc1. The van der Waals surface area contributed by atoms with Crippen LogP contribution < -0.4 is 9.62 Å². The number of aromatic nitrogens is 3. The van der Waals surface area contributed by atoms with Crippen molar-refractivity contribution < 1.29 is 8.42 Å². The fraction of sp³-hybridized carbons (Fsp3) is 0.467. The van der Waals surface area contributed by atoms with Crippen molar-refractivity contribution in [3.05, 3.63) is 36.5 Å². The zero-order valence-corrected chi connectivity index (χ0v) is 14.1. The van der Waals surface area contributed by atoms with Crippen LogP contribution in [0.25, 0.3) is 0 Å². The summed E-state index contributed by atoms with van der Waals surface area (Å²) in [6, 6.07) is 3.73. The first-order chi connectivity index (χ1) is 11.0. The number of nitrogens with one attached hydrogen (secondary N) is 1. The van der Waals surface area contributed by atoms with Crippen molar-refractivity contribution in [2.45, 2.75) is 37.2 Å². The lowest BCUT2D eigenvalue weighted by Gasteiger charge is -2.26. The Balaban J connectivity index is 1.79. The molecule has 23 heavy (non-hydrogen) atoms. The molecule has 7 nitrogen and oxygen atoms in total. The van der Waals surface area contributed by atoms with Crippen LogP contribution >= 0.6 is 0 Å². The molecule has 0 amide bonds. The maximum Gasteiger partial charge on any atom is 0.241 e. The molecule has 124 valence electrons. The van der Waals surface area contributed by atoms with Crippen LogP contribution in [0.3, 0.4) is 0 Å². The van der Waals surface area contributed by atoms with Crippen LogP contribution in [-0.2, 0) is 16.6 Å². The molecule has 2 aromatic rings. The Morgan fingerprint density at radius 2 is 2.17 bits per heavy atom. The van der Waals surface area contributed by atoms with Crippen molar-refractivity contribution in [2.75, 3.05) is 18.5 Å². The molecule has 0 aromatic carbocycles. The number of hydrogen-bond donors (Lipinski definition) is 1. The van der Waals surface area contributed by atoms with Gasteiger partial charge in [-0.05, 0) is 38.9 Å². The van der Waals surface area contributed by atoms with Crippen molar-refractivity contribution in [1.82, 2.24) is 19.3 Å². The molecule has 1 saturated heterocycles. The molecule has 0 radical (unpaired) electrons. The van der Waals surface area contributed by atoms with E-state index in [4.69, 9.17) is 0 Å². The van der Waals surface area contributed by atoms with E-state index in [-0.39, 0.29) is 4.90 Å². The minimum absolute atomic E-state index is 0.185. The molecule has 1 N–H and O–H groups in total. The van der Waals surface area contributed by atoms with E-state index in [2.05, 4.69) is 24.2 Å². The Kier molecular flexibility index (Phi) is 4.36. The summed E-state index contributed by atoms with van der Waals surface area (Å²) in [5, 5.41) is 0. The van der Waals surface area contributed by atoms with Crippen LogP contribution in [0.1, 0.15) is 18.7 Å². The summed E-state index contributed by atoms with van der Waals surface area (Å²) in [7, 11) is -2.05. The molecule has 0 bridgehead atoms. The van der Waals surface area contributed by atoms with Gasteiger partial charge in [0.1, 0.15) is 16.5 Å². The minimum atomic E-state index is -3.44. The van der Waals surface area contributed by atoms with Crippen molar-refractivity contribution >= 4 is 15.8 Å². The van der Waals surface area contributed by atoms with Gasteiger partial charge >= 0.3 is 0 Å². The highest BCUT2D eigenvalue weighted by Crippen LogP contribution is 2.25. The second-order valence-corrected chi connectivity index (χ2v) is 7.56. The molecule has 3 heterocycles. The summed E-state index contributed by atoms with van der Waals surface area (Å²) in [5.41, 5.74) is 0. The van der Waals surface area contributed by atoms with Gasteiger partial charge in [-0.2, -0.15) is 0 Å². The molecule has 1 fully saturated rings. The number of aryl methyl sites for hydroxylation is 1. The number of sulfonamides is 1. The summed E-state index contributed by atoms with van der Waals surface area (Å²) in [6.45, 7) is 3.79. The molecule has 2 aromatic heterocycles. The van der Waals surface area contributed by atoms with E-state index in [1.54, 1.807) is 12.1 Å². The maximum atomic E-state index is 11.8. The van der Waals surface area contributed by atoms with Gasteiger partial charge in [0, 0.05) is 37.7 Å². The Morgan fingerprint density at radius 1 is 1.35 bits per heavy atom. The Labute approximate surface area is 136 Å². The van der Waals surface area contributed by atoms with Gasteiger partial charge < -0.3 is 9.47 Å². The second-order valence-electron chi connectivity index (χ2n) is 5.68. The normalized spacial score (nSPS) is 18.5. The summed E-state index contributed by atoms with van der Waals surface area (Å²) < 4.78 is 28.0. The highest BCUT2D eigenvalue weighted by molar-refractivity contribution is 7.89. The fourth-order valence-electron chi connectivity index (χ4n) is 2.97. The van der Waals surface area contributed by atoms with Crippen LogP contribution in [0.5, 0.6) is 0 Å². The predicted molar refractivity (Wildman–Crippen MR) is 87.8 cm³/mol. The first-order valence-electron chi connectivity index (χ1n) is 7.65. The van der Waals surface area contributed by atoms with Crippen LogP contribution in [0, 0.1) is 6.92 Å². The third-order valence-electron chi connectivity index (χ3n) is 4.30. The monoisotopic (exact) mass is 335 g/mol. The summed E-state index contributed by atoms with van der Waals surface area (Å²) in [4.78, 5) is 11.0. The third kappa shape index (κ3) is 3.23. The Hall–Kier alpha value is -1.93. The predicted octanol–water partition coefficient (Wildman–Crippen LogP) is 1.16. The van der Waals surface area contributed by atoms with Gasteiger partial charge in [0.05, 0.1) is 0 Å². The van der Waals surface area contributed by atoms with E-state index in [1.807, 2.05) is 19.3 Å². The van der Waals surface area contributed by atoms with E-state index in [9.17, 15) is 8.42 Å². The van der Waals surface area contributed by atoms with Crippen LogP contribution in [0.4, 0.5) is 5.82 Å². The average Bonchev–Trinajstić information content (AvgIpc) is 3.17. The second kappa shape index (κ2) is 6.29. The standard InChI is InChI=1S/C15H21N5O2S/c1-12-17-7-9-19(12)11-13-4-3-8-20(13)15-6-5-14(10-18-15)23(21,22)16-2/h5-7,9-10,13,16H,3-4,8,11H2,1-2H3/t13-/m1/s1. The van der Waals surface area contributed by atoms with Gasteiger partial charge in [0.25, 0.3) is 0 Å². The summed E-state index contributed by atoms with van der Waals surface area (Å²) in [5.74, 6) is 1.82. The number of nitrogens with zero attached hydrogens (tertiary/aromatic N) is 4. The van der Waals surface area contributed by atoms with E-state index >= 15 is 0 Å². The lowest BCUT2D eigenvalue weighted by molar-refractivity contribution is 0.538. The molecular weight excluding hydrogens is 314 g/mol. The fourth-order valence-corrected chi connectivity index (χ4v) is 3.64. The van der Waals surface area contributed by atoms with Crippen LogP contribution in [0.2, 0.25) is 0 Å². The smallest absolute Gasteiger partial charge is 0.241 e. The largest absolute Gasteiger partial charge is 0.352 e. The molecule has 3 rings (SSSR count). The lowest BCUT2D eigenvalue weighted by atomic mass is 10.2. The molecule has 1 aliphatic rings. The minimum Gasteiger partial charge on any atom is -0.352 e. The van der Waals surface area contributed by atoms with Gasteiger partial charge in [-0.1, -0.05) is 0 Å². The molecule has 0 unspecified atom stereocenters. The van der Waals surface area contributed by atoms with Crippen molar-refractivity contribution in [3.63, 3.8) is 0 Å². The topological polar surface area (TPSA) is 80.1 Å². The highest BCUT2D eigenvalue weighted by atomic mass is 32.2. The number of rotatable bonds is 5. The number of hydrogen-bond acceptors (Lipinski definition) is 5. The maximum absolute atomic E-state index is 11.8. The van der Waals surface area contributed by atoms with E-state index in [0.717, 1.165) is 37.6 Å². The molecule has 0 spiro atoms. The van der Waals surface area contributed by atoms with E-state index in [0.29, 0.717) is 6.04 Å². The van der Waals surface area contributed by atoms with Gasteiger partial charge in [-0.15, -0.1) is 0 Å². The molecule has 0 aliphatic carbocycles. The van der Waals surface area contributed by atoms with Crippen LogP contribution in [-0.4, -0.2) is 42.6 Å². The Bertz CT molecular complexity index is 769. The average molecular weight is 335 g/mol. The molecular formula is C15H21N5O2S. The molecule has 8 heteroatoms. The van der Waals surface area contributed by atoms with Gasteiger partial charge in [-0.3, -0.25) is 0 Å². The first-order valence-corrected chi connectivity index (χ1v) is 9.13. The number of imidazole rings is 1. The van der Waals surface area contributed by atoms with Gasteiger partial charge in [-0.25, -0.2) is 23.1 Å². The quantitative estimate of drug-likeness (QED) is 0.887. The lowest BCUT2D eigenvalue weighted by Crippen LogP contribution is -2.33. The zero-order chi connectivity index (χ0) is 16.4. The molecule has 0 saturated carbocycles. The third-order valence-corrected chi connectivity index (χ3v) is 5.70. The molecule has 1 aliphatic heterocycles. The van der Waals surface area contributed by atoms with Crippen LogP contribution in [0.15, 0.2) is 35.6 Å². The summed E-state index contributed by atoms with van der Waals surface area (Å²) >= 11 is 0.